The molecule has 11 rings (SSSR count). The van der Waals surface area contributed by atoms with Gasteiger partial charge in [0.1, 0.15) is 11.2 Å². The summed E-state index contributed by atoms with van der Waals surface area (Å²) in [5, 5.41) is 4.69. The molecule has 7 aromatic carbocycles. The van der Waals surface area contributed by atoms with E-state index in [0.717, 1.165) is 66.7 Å². The molecule has 0 amide bonds. The van der Waals surface area contributed by atoms with E-state index < -0.39 is 0 Å². The van der Waals surface area contributed by atoms with E-state index in [1.54, 1.807) is 0 Å². The fourth-order valence-corrected chi connectivity index (χ4v) is 7.70. The average molecular weight is 615 g/mol. The number of fused-ring (bicyclic) bond motifs is 11. The standard InChI is InChI=1S/C43H26N4O/c1-2-10-29(11-3-1)45-36-15-7-4-12-31(36)33-24-27(18-21-37(33)45)28-19-22-39-40(25-28)47-38-16-8-6-14-35(38)44-43(47)46(39)30-20-23-42-34(26-30)32-13-5-9-17-41(32)48-42/h1-26H. The molecule has 0 atom stereocenters. The first-order valence-electron chi connectivity index (χ1n) is 16.2. The normalized spacial score (nSPS) is 12.2. The summed E-state index contributed by atoms with van der Waals surface area (Å²) in [4.78, 5) is 5.17. The average Bonchev–Trinajstić information content (AvgIpc) is 3.88. The maximum Gasteiger partial charge on any atom is 0.220 e. The first kappa shape index (κ1) is 25.6. The highest BCUT2D eigenvalue weighted by atomic mass is 16.3. The molecule has 0 radical (unpaired) electrons. The summed E-state index contributed by atoms with van der Waals surface area (Å²) in [6.07, 6.45) is 0. The number of imidazole rings is 2. The van der Waals surface area contributed by atoms with Crippen LogP contribution >= 0.6 is 0 Å². The van der Waals surface area contributed by atoms with E-state index in [0.29, 0.717) is 0 Å². The fraction of sp³-hybridized carbons (Fsp3) is 0. The van der Waals surface area contributed by atoms with Crippen LogP contribution in [0.3, 0.4) is 0 Å². The van der Waals surface area contributed by atoms with Crippen LogP contribution in [0.25, 0.3) is 94.1 Å². The zero-order chi connectivity index (χ0) is 31.3. The Morgan fingerprint density at radius 3 is 1.98 bits per heavy atom. The number of rotatable bonds is 3. The van der Waals surface area contributed by atoms with Gasteiger partial charge >= 0.3 is 0 Å². The largest absolute Gasteiger partial charge is 0.456 e. The first-order valence-corrected chi connectivity index (χ1v) is 16.2. The summed E-state index contributed by atoms with van der Waals surface area (Å²) in [7, 11) is 0. The number of para-hydroxylation sites is 5. The molecule has 11 aromatic rings. The Hall–Kier alpha value is -6.59. The van der Waals surface area contributed by atoms with Crippen molar-refractivity contribution in [3.05, 3.63) is 158 Å². The van der Waals surface area contributed by atoms with Gasteiger partial charge in [-0.15, -0.1) is 0 Å². The van der Waals surface area contributed by atoms with Crippen LogP contribution in [0.4, 0.5) is 0 Å². The van der Waals surface area contributed by atoms with Gasteiger partial charge in [-0.1, -0.05) is 78.9 Å². The summed E-state index contributed by atoms with van der Waals surface area (Å²) in [6, 6.07) is 56.0. The lowest BCUT2D eigenvalue weighted by Gasteiger charge is -2.09. The van der Waals surface area contributed by atoms with Crippen molar-refractivity contribution in [3.63, 3.8) is 0 Å². The zero-order valence-corrected chi connectivity index (χ0v) is 25.7. The molecule has 0 spiro atoms. The van der Waals surface area contributed by atoms with E-state index in [1.165, 1.54) is 27.4 Å². The van der Waals surface area contributed by atoms with E-state index in [9.17, 15) is 0 Å². The highest BCUT2D eigenvalue weighted by molar-refractivity contribution is 6.11. The quantitative estimate of drug-likeness (QED) is 0.199. The lowest BCUT2D eigenvalue weighted by molar-refractivity contribution is 0.669. The van der Waals surface area contributed by atoms with Gasteiger partial charge in [0.2, 0.25) is 5.78 Å². The molecule has 0 aliphatic carbocycles. The van der Waals surface area contributed by atoms with Crippen molar-refractivity contribution < 1.29 is 4.42 Å². The molecule has 0 bridgehead atoms. The van der Waals surface area contributed by atoms with E-state index >= 15 is 0 Å². The van der Waals surface area contributed by atoms with Crippen LogP contribution in [0.5, 0.6) is 0 Å². The van der Waals surface area contributed by atoms with E-state index in [-0.39, 0.29) is 0 Å². The van der Waals surface area contributed by atoms with Gasteiger partial charge in [-0.3, -0.25) is 8.97 Å². The molecule has 4 heterocycles. The molecule has 5 nitrogen and oxygen atoms in total. The highest BCUT2D eigenvalue weighted by Gasteiger charge is 2.20. The molecule has 0 aliphatic rings. The molecule has 0 saturated carbocycles. The van der Waals surface area contributed by atoms with Crippen molar-refractivity contribution in [2.24, 2.45) is 0 Å². The fourth-order valence-electron chi connectivity index (χ4n) is 7.70. The predicted molar refractivity (Wildman–Crippen MR) is 197 cm³/mol. The van der Waals surface area contributed by atoms with Gasteiger partial charge in [0.25, 0.3) is 0 Å². The number of aromatic nitrogens is 4. The minimum atomic E-state index is 0.882. The van der Waals surface area contributed by atoms with Crippen LogP contribution in [0.15, 0.2) is 162 Å². The Morgan fingerprint density at radius 2 is 1.08 bits per heavy atom. The lowest BCUT2D eigenvalue weighted by atomic mass is 10.0. The van der Waals surface area contributed by atoms with Crippen molar-refractivity contribution in [2.75, 3.05) is 0 Å². The molecule has 48 heavy (non-hydrogen) atoms. The zero-order valence-electron chi connectivity index (χ0n) is 25.7. The summed E-state index contributed by atoms with van der Waals surface area (Å²) in [5.41, 5.74) is 13.0. The summed E-state index contributed by atoms with van der Waals surface area (Å²) in [5.74, 6) is 0.886. The van der Waals surface area contributed by atoms with Crippen molar-refractivity contribution in [1.29, 1.82) is 0 Å². The minimum absolute atomic E-state index is 0.882. The molecule has 224 valence electrons. The van der Waals surface area contributed by atoms with E-state index in [2.05, 4.69) is 159 Å². The Labute approximate surface area is 274 Å². The second kappa shape index (κ2) is 9.47. The van der Waals surface area contributed by atoms with Crippen LogP contribution in [-0.4, -0.2) is 18.5 Å². The van der Waals surface area contributed by atoms with Crippen molar-refractivity contribution in [2.45, 2.75) is 0 Å². The van der Waals surface area contributed by atoms with Crippen LogP contribution in [0.1, 0.15) is 0 Å². The maximum absolute atomic E-state index is 6.16. The molecule has 0 unspecified atom stereocenters. The summed E-state index contributed by atoms with van der Waals surface area (Å²) in [6.45, 7) is 0. The van der Waals surface area contributed by atoms with Crippen LogP contribution < -0.4 is 0 Å². The third kappa shape index (κ3) is 3.47. The maximum atomic E-state index is 6.16. The van der Waals surface area contributed by atoms with Crippen LogP contribution in [-0.2, 0) is 0 Å². The number of nitrogens with zero attached hydrogens (tertiary/aromatic N) is 4. The number of benzene rings is 7. The van der Waals surface area contributed by atoms with Gasteiger partial charge in [0.15, 0.2) is 0 Å². The molecule has 5 heteroatoms. The first-order chi connectivity index (χ1) is 23.8. The second-order valence-corrected chi connectivity index (χ2v) is 12.5. The van der Waals surface area contributed by atoms with Gasteiger partial charge in [0.05, 0.1) is 38.8 Å². The SMILES string of the molecule is c1ccc(-n2c3ccccc3c3cc(-c4ccc5c(c4)n4c6ccccc6nc4n5-c4ccc5oc6ccccc6c5c4)ccc32)cc1. The van der Waals surface area contributed by atoms with Crippen LogP contribution in [0, 0.1) is 0 Å². The number of hydrogen-bond donors (Lipinski definition) is 0. The Balaban J connectivity index is 1.16. The summed E-state index contributed by atoms with van der Waals surface area (Å²) < 4.78 is 13.1. The Morgan fingerprint density at radius 1 is 0.396 bits per heavy atom. The van der Waals surface area contributed by atoms with Gasteiger partial charge in [-0.05, 0) is 90.0 Å². The van der Waals surface area contributed by atoms with Gasteiger partial charge in [-0.2, -0.15) is 0 Å². The van der Waals surface area contributed by atoms with Gasteiger partial charge < -0.3 is 8.98 Å². The molecule has 4 aromatic heterocycles. The summed E-state index contributed by atoms with van der Waals surface area (Å²) >= 11 is 0. The smallest absolute Gasteiger partial charge is 0.220 e. The van der Waals surface area contributed by atoms with E-state index in [4.69, 9.17) is 9.40 Å². The molecule has 0 aliphatic heterocycles. The highest BCUT2D eigenvalue weighted by Crippen LogP contribution is 2.38. The van der Waals surface area contributed by atoms with Gasteiger partial charge in [0, 0.05) is 27.2 Å². The van der Waals surface area contributed by atoms with Crippen LogP contribution in [0.2, 0.25) is 0 Å². The molecule has 0 N–H and O–H groups in total. The number of furan rings is 1. The lowest BCUT2D eigenvalue weighted by Crippen LogP contribution is -1.95. The van der Waals surface area contributed by atoms with E-state index in [1.807, 2.05) is 12.1 Å². The Bertz CT molecular complexity index is 3060. The molecular formula is C43H26N4O. The third-order valence-electron chi connectivity index (χ3n) is 9.84. The van der Waals surface area contributed by atoms with Crippen molar-refractivity contribution >= 4 is 71.6 Å². The minimum Gasteiger partial charge on any atom is -0.456 e. The van der Waals surface area contributed by atoms with Crippen molar-refractivity contribution in [1.82, 2.24) is 18.5 Å². The topological polar surface area (TPSA) is 40.3 Å². The molecule has 0 fully saturated rings. The monoisotopic (exact) mass is 614 g/mol. The van der Waals surface area contributed by atoms with Crippen molar-refractivity contribution in [3.8, 4) is 22.5 Å². The van der Waals surface area contributed by atoms with Gasteiger partial charge in [-0.25, -0.2) is 4.98 Å². The third-order valence-corrected chi connectivity index (χ3v) is 9.84. The predicted octanol–water partition coefficient (Wildman–Crippen LogP) is 11.1. The Kier molecular flexibility index (Phi) is 5.05. The molecular weight excluding hydrogens is 589 g/mol. The second-order valence-electron chi connectivity index (χ2n) is 12.5. The molecule has 0 saturated heterocycles. The number of hydrogen-bond acceptors (Lipinski definition) is 2.